The second-order valence-electron chi connectivity index (χ2n) is 4.57. The quantitative estimate of drug-likeness (QED) is 0.814. The number of rotatable bonds is 3. The van der Waals surface area contributed by atoms with Crippen molar-refractivity contribution in [3.8, 4) is 0 Å². The van der Waals surface area contributed by atoms with Gasteiger partial charge in [0.15, 0.2) is 0 Å². The van der Waals surface area contributed by atoms with Gasteiger partial charge in [0.25, 0.3) is 0 Å². The maximum absolute atomic E-state index is 12.1. The summed E-state index contributed by atoms with van der Waals surface area (Å²) in [5.74, 6) is -0.113. The van der Waals surface area contributed by atoms with Crippen molar-refractivity contribution in [2.75, 3.05) is 11.4 Å². The lowest BCUT2D eigenvalue weighted by atomic mass is 10.1. The largest absolute Gasteiger partial charge is 0.389 e. The van der Waals surface area contributed by atoms with Crippen molar-refractivity contribution >= 4 is 11.6 Å². The molecule has 2 nitrogen and oxygen atoms in total. The van der Waals surface area contributed by atoms with Crippen molar-refractivity contribution < 1.29 is 18.0 Å². The van der Waals surface area contributed by atoms with Gasteiger partial charge < -0.3 is 4.90 Å². The average molecular weight is 257 g/mol. The summed E-state index contributed by atoms with van der Waals surface area (Å²) in [6, 6.07) is 5.59. The van der Waals surface area contributed by atoms with Crippen molar-refractivity contribution in [3.05, 3.63) is 29.3 Å². The number of nitrogens with zero attached hydrogens (tertiary/aromatic N) is 1. The number of aryl methyl sites for hydroxylation is 1. The molecular formula is C13H14F3NO. The number of fused-ring (bicyclic) bond motifs is 1. The first-order chi connectivity index (χ1) is 8.37. The summed E-state index contributed by atoms with van der Waals surface area (Å²) < 4.78 is 36.2. The van der Waals surface area contributed by atoms with Gasteiger partial charge in [-0.05, 0) is 25.0 Å². The zero-order valence-corrected chi connectivity index (χ0v) is 10.0. The highest BCUT2D eigenvalue weighted by molar-refractivity contribution is 6.01. The fraction of sp³-hybridized carbons (Fsp3) is 0.462. The first-order valence-corrected chi connectivity index (χ1v) is 5.83. The second-order valence-corrected chi connectivity index (χ2v) is 4.57. The molecule has 0 fully saturated rings. The predicted molar refractivity (Wildman–Crippen MR) is 62.5 cm³/mol. The number of carbonyl (C=O) groups is 1. The van der Waals surface area contributed by atoms with E-state index in [1.807, 2.05) is 25.1 Å². The summed E-state index contributed by atoms with van der Waals surface area (Å²) >= 11 is 0. The van der Waals surface area contributed by atoms with Gasteiger partial charge in [0.05, 0.1) is 6.42 Å². The Balaban J connectivity index is 2.05. The normalized spacial score (nSPS) is 15.1. The van der Waals surface area contributed by atoms with E-state index >= 15 is 0 Å². The van der Waals surface area contributed by atoms with Crippen LogP contribution in [0, 0.1) is 6.92 Å². The van der Waals surface area contributed by atoms with Crippen LogP contribution >= 0.6 is 0 Å². The van der Waals surface area contributed by atoms with Crippen LogP contribution in [-0.4, -0.2) is 18.6 Å². The van der Waals surface area contributed by atoms with Gasteiger partial charge in [0.1, 0.15) is 0 Å². The Bertz CT molecular complexity index is 468. The molecule has 1 heterocycles. The topological polar surface area (TPSA) is 20.3 Å². The molecule has 5 heteroatoms. The number of amides is 1. The molecule has 0 aliphatic carbocycles. The maximum Gasteiger partial charge on any atom is 0.389 e. The van der Waals surface area contributed by atoms with Crippen LogP contribution in [0.5, 0.6) is 0 Å². The Hall–Kier alpha value is -1.52. The van der Waals surface area contributed by atoms with E-state index in [0.717, 1.165) is 16.8 Å². The van der Waals surface area contributed by atoms with E-state index < -0.39 is 12.6 Å². The van der Waals surface area contributed by atoms with Crippen LogP contribution in [0.25, 0.3) is 0 Å². The van der Waals surface area contributed by atoms with Crippen LogP contribution in [0.3, 0.4) is 0 Å². The molecule has 0 saturated carbocycles. The molecule has 1 aliphatic heterocycles. The van der Waals surface area contributed by atoms with Crippen LogP contribution in [0.2, 0.25) is 0 Å². The summed E-state index contributed by atoms with van der Waals surface area (Å²) in [6.45, 7) is 2.06. The molecule has 0 radical (unpaired) electrons. The molecule has 1 amide bonds. The lowest BCUT2D eigenvalue weighted by Crippen LogP contribution is -2.28. The summed E-state index contributed by atoms with van der Waals surface area (Å²) in [5, 5.41) is 0. The van der Waals surface area contributed by atoms with E-state index in [9.17, 15) is 18.0 Å². The van der Waals surface area contributed by atoms with E-state index in [-0.39, 0.29) is 18.9 Å². The third-order valence-electron chi connectivity index (χ3n) is 3.01. The SMILES string of the molecule is Cc1ccc2c(c1)CC(=O)N2CCCC(F)(F)F. The Morgan fingerprint density at radius 1 is 1.33 bits per heavy atom. The number of anilines is 1. The standard InChI is InChI=1S/C13H14F3NO/c1-9-3-4-11-10(7-9)8-12(18)17(11)6-2-5-13(14,15)16/h3-4,7H,2,5-6,8H2,1H3. The van der Waals surface area contributed by atoms with Crippen LogP contribution in [-0.2, 0) is 11.2 Å². The van der Waals surface area contributed by atoms with Crippen molar-refractivity contribution in [2.24, 2.45) is 0 Å². The minimum atomic E-state index is -4.15. The number of benzene rings is 1. The smallest absolute Gasteiger partial charge is 0.312 e. The van der Waals surface area contributed by atoms with Crippen LogP contribution in [0.15, 0.2) is 18.2 Å². The molecule has 0 N–H and O–H groups in total. The summed E-state index contributed by atoms with van der Waals surface area (Å²) in [7, 11) is 0. The van der Waals surface area contributed by atoms with Crippen LogP contribution in [0.1, 0.15) is 24.0 Å². The van der Waals surface area contributed by atoms with Gasteiger partial charge in [-0.15, -0.1) is 0 Å². The molecule has 2 rings (SSSR count). The Morgan fingerprint density at radius 2 is 2.06 bits per heavy atom. The van der Waals surface area contributed by atoms with Crippen LogP contribution < -0.4 is 4.90 Å². The molecule has 18 heavy (non-hydrogen) atoms. The maximum atomic E-state index is 12.1. The fourth-order valence-electron chi connectivity index (χ4n) is 2.19. The van der Waals surface area contributed by atoms with Gasteiger partial charge in [-0.3, -0.25) is 4.79 Å². The molecule has 0 saturated heterocycles. The van der Waals surface area contributed by atoms with Gasteiger partial charge in [-0.1, -0.05) is 17.7 Å². The third-order valence-corrected chi connectivity index (χ3v) is 3.01. The average Bonchev–Trinajstić information content (AvgIpc) is 2.52. The number of hydrogen-bond donors (Lipinski definition) is 0. The van der Waals surface area contributed by atoms with Gasteiger partial charge in [-0.25, -0.2) is 0 Å². The minimum Gasteiger partial charge on any atom is -0.312 e. The number of alkyl halides is 3. The monoisotopic (exact) mass is 257 g/mol. The van der Waals surface area contributed by atoms with Crippen molar-refractivity contribution in [1.82, 2.24) is 0 Å². The van der Waals surface area contributed by atoms with Crippen molar-refractivity contribution in [1.29, 1.82) is 0 Å². The lowest BCUT2D eigenvalue weighted by Gasteiger charge is -2.18. The minimum absolute atomic E-state index is 0.0530. The molecule has 1 aliphatic rings. The predicted octanol–water partition coefficient (Wildman–Crippen LogP) is 3.23. The summed E-state index contributed by atoms with van der Waals surface area (Å²) in [5.41, 5.74) is 2.72. The van der Waals surface area contributed by atoms with Crippen molar-refractivity contribution in [2.45, 2.75) is 32.4 Å². The zero-order valence-electron chi connectivity index (χ0n) is 10.0. The van der Waals surface area contributed by atoms with E-state index in [1.165, 1.54) is 4.90 Å². The summed E-state index contributed by atoms with van der Waals surface area (Å²) in [4.78, 5) is 13.2. The molecule has 1 aromatic carbocycles. The van der Waals surface area contributed by atoms with Gasteiger partial charge >= 0.3 is 6.18 Å². The molecule has 0 aromatic heterocycles. The third kappa shape index (κ3) is 2.83. The highest BCUT2D eigenvalue weighted by atomic mass is 19.4. The highest BCUT2D eigenvalue weighted by Gasteiger charge is 2.30. The van der Waals surface area contributed by atoms with E-state index in [4.69, 9.17) is 0 Å². The highest BCUT2D eigenvalue weighted by Crippen LogP contribution is 2.30. The molecular weight excluding hydrogens is 243 g/mol. The Kier molecular flexibility index (Phi) is 3.32. The van der Waals surface area contributed by atoms with Crippen molar-refractivity contribution in [3.63, 3.8) is 0 Å². The molecule has 98 valence electrons. The summed E-state index contributed by atoms with van der Waals surface area (Å²) in [6.07, 6.45) is -4.76. The van der Waals surface area contributed by atoms with E-state index in [0.29, 0.717) is 6.42 Å². The molecule has 0 atom stereocenters. The molecule has 1 aromatic rings. The lowest BCUT2D eigenvalue weighted by molar-refractivity contribution is -0.135. The first kappa shape index (κ1) is 12.9. The second kappa shape index (κ2) is 4.63. The number of halogens is 3. The number of hydrogen-bond acceptors (Lipinski definition) is 1. The van der Waals surface area contributed by atoms with E-state index in [1.54, 1.807) is 0 Å². The van der Waals surface area contributed by atoms with Gasteiger partial charge in [-0.2, -0.15) is 13.2 Å². The zero-order chi connectivity index (χ0) is 13.3. The number of carbonyl (C=O) groups excluding carboxylic acids is 1. The Labute approximate surface area is 103 Å². The Morgan fingerprint density at radius 3 is 2.72 bits per heavy atom. The van der Waals surface area contributed by atoms with Gasteiger partial charge in [0.2, 0.25) is 5.91 Å². The molecule has 0 bridgehead atoms. The fourth-order valence-corrected chi connectivity index (χ4v) is 2.19. The van der Waals surface area contributed by atoms with Gasteiger partial charge in [0, 0.05) is 18.7 Å². The molecule has 0 spiro atoms. The van der Waals surface area contributed by atoms with E-state index in [2.05, 4.69) is 0 Å². The van der Waals surface area contributed by atoms with Crippen LogP contribution in [0.4, 0.5) is 18.9 Å². The molecule has 0 unspecified atom stereocenters. The first-order valence-electron chi connectivity index (χ1n) is 5.83.